The summed E-state index contributed by atoms with van der Waals surface area (Å²) in [6, 6.07) is 11.6. The van der Waals surface area contributed by atoms with Gasteiger partial charge in [-0.3, -0.25) is 0 Å². The van der Waals surface area contributed by atoms with Crippen LogP contribution in [0.4, 0.5) is 8.78 Å². The molecule has 0 saturated heterocycles. The third-order valence-electron chi connectivity index (χ3n) is 7.59. The van der Waals surface area contributed by atoms with E-state index in [2.05, 4.69) is 25.6 Å². The van der Waals surface area contributed by atoms with E-state index in [0.717, 1.165) is 23.1 Å². The van der Waals surface area contributed by atoms with E-state index in [1.165, 1.54) is 63.0 Å². The molecule has 0 radical (unpaired) electrons. The molecule has 4 atom stereocenters. The Morgan fingerprint density at radius 1 is 1.03 bits per heavy atom. The van der Waals surface area contributed by atoms with Crippen LogP contribution in [0.5, 0.6) is 0 Å². The van der Waals surface area contributed by atoms with Crippen molar-refractivity contribution in [1.82, 2.24) is 0 Å². The maximum absolute atomic E-state index is 14.7. The normalized spacial score (nSPS) is 27.6. The van der Waals surface area contributed by atoms with Gasteiger partial charge in [0, 0.05) is 12.0 Å². The Hall–Kier alpha value is -1.70. The molecule has 2 aliphatic carbocycles. The molecular formula is C27H34F2. The molecule has 0 spiro atoms. The topological polar surface area (TPSA) is 0 Å². The van der Waals surface area contributed by atoms with Crippen LogP contribution in [0, 0.1) is 17.8 Å². The van der Waals surface area contributed by atoms with Gasteiger partial charge in [0.2, 0.25) is 0 Å². The lowest BCUT2D eigenvalue weighted by atomic mass is 9.63. The van der Waals surface area contributed by atoms with Crippen molar-refractivity contribution >= 4 is 10.8 Å². The van der Waals surface area contributed by atoms with Gasteiger partial charge in [-0.1, -0.05) is 68.7 Å². The van der Waals surface area contributed by atoms with Crippen LogP contribution in [0.2, 0.25) is 0 Å². The summed E-state index contributed by atoms with van der Waals surface area (Å²) in [6.07, 6.45) is 11.6. The van der Waals surface area contributed by atoms with Gasteiger partial charge in [-0.2, -0.15) is 0 Å². The van der Waals surface area contributed by atoms with Gasteiger partial charge in [0.25, 0.3) is 5.92 Å². The smallest absolute Gasteiger partial charge is 0.201 e. The van der Waals surface area contributed by atoms with E-state index in [-0.39, 0.29) is 12.0 Å². The molecule has 0 bridgehead atoms. The minimum absolute atomic E-state index is 0.144. The average Bonchev–Trinajstić information content (AvgIpc) is 2.72. The molecule has 0 heterocycles. The molecule has 0 N–H and O–H groups in total. The summed E-state index contributed by atoms with van der Waals surface area (Å²) in [5.74, 6) is 0.312. The molecule has 0 nitrogen and oxygen atoms in total. The first-order chi connectivity index (χ1) is 14.0. The maximum atomic E-state index is 14.7. The number of fused-ring (bicyclic) bond motifs is 2. The molecule has 0 aromatic heterocycles. The largest absolute Gasteiger partial charge is 0.277 e. The van der Waals surface area contributed by atoms with Crippen LogP contribution in [-0.4, -0.2) is 0 Å². The summed E-state index contributed by atoms with van der Waals surface area (Å²) in [4.78, 5) is 0. The molecule has 0 aliphatic heterocycles. The van der Waals surface area contributed by atoms with Crippen LogP contribution >= 0.6 is 0 Å². The predicted octanol–water partition coefficient (Wildman–Crippen LogP) is 8.61. The second-order valence-electron chi connectivity index (χ2n) is 9.48. The van der Waals surface area contributed by atoms with Crippen molar-refractivity contribution in [2.75, 3.05) is 0 Å². The lowest BCUT2D eigenvalue weighted by molar-refractivity contribution is 0.000729. The number of benzene rings is 2. The lowest BCUT2D eigenvalue weighted by Gasteiger charge is -2.42. The molecule has 2 aromatic rings. The minimum atomic E-state index is -2.87. The standard InChI is InChI=1S/C27H34F2/c1-3-6-19-9-10-22-17-23(14-13-21(22)16-19)24-12-11-20-7-5-8-26(25(20)18-24)27(28,29)15-4-2/h4-5,7-8,11-12,18-19,21-23H,2-3,6,9-10,13-17H2,1H3. The van der Waals surface area contributed by atoms with Crippen molar-refractivity contribution in [3.63, 3.8) is 0 Å². The first-order valence-corrected chi connectivity index (χ1v) is 11.5. The van der Waals surface area contributed by atoms with Crippen LogP contribution in [0.1, 0.15) is 81.8 Å². The van der Waals surface area contributed by atoms with Crippen molar-refractivity contribution in [3.8, 4) is 0 Å². The molecule has 2 aromatic carbocycles. The predicted molar refractivity (Wildman–Crippen MR) is 118 cm³/mol. The average molecular weight is 397 g/mol. The minimum Gasteiger partial charge on any atom is -0.201 e. The molecule has 0 amide bonds. The van der Waals surface area contributed by atoms with E-state index >= 15 is 0 Å². The lowest BCUT2D eigenvalue weighted by Crippen LogP contribution is -2.30. The molecule has 4 rings (SSSR count). The number of rotatable bonds is 6. The second-order valence-corrected chi connectivity index (χ2v) is 9.48. The van der Waals surface area contributed by atoms with Gasteiger partial charge in [0.15, 0.2) is 0 Å². The fraction of sp³-hybridized carbons (Fsp3) is 0.556. The van der Waals surface area contributed by atoms with Gasteiger partial charge in [0.1, 0.15) is 0 Å². The van der Waals surface area contributed by atoms with Crippen LogP contribution < -0.4 is 0 Å². The van der Waals surface area contributed by atoms with Gasteiger partial charge < -0.3 is 0 Å². The monoisotopic (exact) mass is 396 g/mol. The molecule has 156 valence electrons. The van der Waals surface area contributed by atoms with Gasteiger partial charge in [-0.25, -0.2) is 8.78 Å². The Bertz CT molecular complexity index is 853. The van der Waals surface area contributed by atoms with Crippen LogP contribution in [0.15, 0.2) is 49.1 Å². The Balaban J connectivity index is 1.57. The number of hydrogen-bond acceptors (Lipinski definition) is 0. The molecule has 2 saturated carbocycles. The zero-order valence-electron chi connectivity index (χ0n) is 17.7. The van der Waals surface area contributed by atoms with E-state index in [9.17, 15) is 8.78 Å². The van der Waals surface area contributed by atoms with Crippen LogP contribution in [0.3, 0.4) is 0 Å². The van der Waals surface area contributed by atoms with E-state index in [1.807, 2.05) is 12.1 Å². The molecule has 2 fully saturated rings. The number of hydrogen-bond donors (Lipinski definition) is 0. The van der Waals surface area contributed by atoms with Gasteiger partial charge in [0.05, 0.1) is 0 Å². The summed E-state index contributed by atoms with van der Waals surface area (Å²) >= 11 is 0. The van der Waals surface area contributed by atoms with Crippen molar-refractivity contribution in [2.24, 2.45) is 17.8 Å². The highest BCUT2D eigenvalue weighted by molar-refractivity contribution is 5.87. The highest BCUT2D eigenvalue weighted by Crippen LogP contribution is 2.49. The van der Waals surface area contributed by atoms with E-state index in [1.54, 1.807) is 12.1 Å². The fourth-order valence-electron chi connectivity index (χ4n) is 6.11. The first-order valence-electron chi connectivity index (χ1n) is 11.5. The SMILES string of the molecule is C=CCC(F)(F)c1cccc2ccc(C3CCC4CC(CCC)CCC4C3)cc12. The summed E-state index contributed by atoms with van der Waals surface area (Å²) in [7, 11) is 0. The highest BCUT2D eigenvalue weighted by atomic mass is 19.3. The van der Waals surface area contributed by atoms with Crippen molar-refractivity contribution in [3.05, 3.63) is 60.2 Å². The van der Waals surface area contributed by atoms with Gasteiger partial charge in [-0.05, 0) is 72.1 Å². The quantitative estimate of drug-likeness (QED) is 0.429. The van der Waals surface area contributed by atoms with E-state index in [4.69, 9.17) is 0 Å². The van der Waals surface area contributed by atoms with Gasteiger partial charge >= 0.3 is 0 Å². The molecule has 2 heteroatoms. The Morgan fingerprint density at radius 2 is 1.83 bits per heavy atom. The summed E-state index contributed by atoms with van der Waals surface area (Å²) < 4.78 is 29.4. The molecule has 29 heavy (non-hydrogen) atoms. The van der Waals surface area contributed by atoms with Crippen molar-refractivity contribution in [1.29, 1.82) is 0 Å². The number of alkyl halides is 2. The number of halogens is 2. The van der Waals surface area contributed by atoms with Crippen LogP contribution in [0.25, 0.3) is 10.8 Å². The molecular weight excluding hydrogens is 362 g/mol. The van der Waals surface area contributed by atoms with E-state index in [0.29, 0.717) is 11.3 Å². The van der Waals surface area contributed by atoms with Gasteiger partial charge in [-0.15, -0.1) is 6.58 Å². The third kappa shape index (κ3) is 4.27. The number of allylic oxidation sites excluding steroid dienone is 1. The Labute approximate surface area is 174 Å². The van der Waals surface area contributed by atoms with Crippen molar-refractivity contribution in [2.45, 2.75) is 76.6 Å². The fourth-order valence-corrected chi connectivity index (χ4v) is 6.11. The zero-order chi connectivity index (χ0) is 20.4. The summed E-state index contributed by atoms with van der Waals surface area (Å²) in [5.41, 5.74) is 1.40. The first kappa shape index (κ1) is 20.6. The highest BCUT2D eigenvalue weighted by Gasteiger charge is 2.36. The molecule has 4 unspecified atom stereocenters. The van der Waals surface area contributed by atoms with Crippen molar-refractivity contribution < 1.29 is 8.78 Å². The maximum Gasteiger partial charge on any atom is 0.277 e. The third-order valence-corrected chi connectivity index (χ3v) is 7.59. The second kappa shape index (κ2) is 8.58. The molecule has 2 aliphatic rings. The van der Waals surface area contributed by atoms with Crippen LogP contribution in [-0.2, 0) is 5.92 Å². The Morgan fingerprint density at radius 3 is 2.62 bits per heavy atom. The Kier molecular flexibility index (Phi) is 6.08. The summed E-state index contributed by atoms with van der Waals surface area (Å²) in [6.45, 7) is 5.82. The summed E-state index contributed by atoms with van der Waals surface area (Å²) in [5, 5.41) is 1.62. The zero-order valence-corrected chi connectivity index (χ0v) is 17.7. The van der Waals surface area contributed by atoms with E-state index < -0.39 is 5.92 Å².